The fourth-order valence-corrected chi connectivity index (χ4v) is 8.28. The second-order valence-corrected chi connectivity index (χ2v) is 16.3. The van der Waals surface area contributed by atoms with Gasteiger partial charge < -0.3 is 47.4 Å². The molecule has 12 unspecified atom stereocenters. The normalized spacial score (nSPS) is 31.3. The fourth-order valence-electron chi connectivity index (χ4n) is 8.28. The van der Waals surface area contributed by atoms with E-state index in [0.717, 1.165) is 25.0 Å². The molecular weight excluding hydrogens is 824 g/mol. The lowest BCUT2D eigenvalue weighted by atomic mass is 9.79. The smallest absolute Gasteiger partial charge is 0.344 e. The number of carbonyl (C=O) groups excluding carboxylic acids is 7. The van der Waals surface area contributed by atoms with Gasteiger partial charge in [-0.25, -0.2) is 24.0 Å². The van der Waals surface area contributed by atoms with Crippen molar-refractivity contribution in [3.63, 3.8) is 0 Å². The maximum Gasteiger partial charge on any atom is 0.344 e. The predicted octanol–water partition coefficient (Wildman–Crippen LogP) is 5.12. The fraction of sp³-hybridized carbons (Fsp3) is 0.587. The van der Waals surface area contributed by atoms with Crippen molar-refractivity contribution >= 4 is 41.8 Å². The van der Waals surface area contributed by atoms with Gasteiger partial charge in [-0.3, -0.25) is 9.59 Å². The molecule has 6 aliphatic heterocycles. The van der Waals surface area contributed by atoms with Crippen LogP contribution in [-0.2, 0) is 80.9 Å². The van der Waals surface area contributed by atoms with Crippen molar-refractivity contribution in [1.29, 1.82) is 0 Å². The molecule has 348 valence electrons. The van der Waals surface area contributed by atoms with Crippen LogP contribution in [0, 0.1) is 29.6 Å². The molecule has 6 heterocycles. The van der Waals surface area contributed by atoms with E-state index in [-0.39, 0.29) is 112 Å². The molecule has 0 N–H and O–H groups in total. The Bertz CT molecular complexity index is 1880. The quantitative estimate of drug-likeness (QED) is 0.158. The number of esters is 7. The summed E-state index contributed by atoms with van der Waals surface area (Å²) in [7, 11) is 0. The molecular formula is C46H62O17. The lowest BCUT2D eigenvalue weighted by Gasteiger charge is -2.26. The minimum Gasteiger partial charge on any atom is -0.498 e. The first kappa shape index (κ1) is 51.6. The Morgan fingerprint density at radius 3 is 1.87 bits per heavy atom. The summed E-state index contributed by atoms with van der Waals surface area (Å²) in [6.07, 6.45) is 1.67. The van der Waals surface area contributed by atoms with Crippen LogP contribution in [0.4, 0.5) is 0 Å². The second kappa shape index (κ2) is 22.1. The molecule has 12 atom stereocenters. The molecule has 17 nitrogen and oxygen atoms in total. The van der Waals surface area contributed by atoms with E-state index < -0.39 is 36.7 Å². The van der Waals surface area contributed by atoms with E-state index in [1.165, 1.54) is 6.92 Å². The molecule has 0 aromatic carbocycles. The maximum atomic E-state index is 11.7. The van der Waals surface area contributed by atoms with Crippen LogP contribution in [0.15, 0.2) is 73.3 Å². The zero-order valence-corrected chi connectivity index (χ0v) is 35.0. The highest BCUT2D eigenvalue weighted by atomic mass is 16.6. The molecule has 0 spiro atoms. The summed E-state index contributed by atoms with van der Waals surface area (Å²) >= 11 is 0. The van der Waals surface area contributed by atoms with Crippen LogP contribution in [0.2, 0.25) is 0 Å². The molecule has 4 bridgehead atoms. The highest BCUT2D eigenvalue weighted by molar-refractivity contribution is 5.89. The lowest BCUT2D eigenvalue weighted by molar-refractivity contribution is -0.168. The molecule has 17 heteroatoms. The van der Waals surface area contributed by atoms with Crippen molar-refractivity contribution in [2.24, 2.45) is 29.6 Å². The summed E-state index contributed by atoms with van der Waals surface area (Å²) in [4.78, 5) is 78.5. The molecule has 63 heavy (non-hydrogen) atoms. The molecule has 2 saturated carbocycles. The van der Waals surface area contributed by atoms with Gasteiger partial charge in [-0.05, 0) is 40.5 Å². The first-order valence-electron chi connectivity index (χ1n) is 20.0. The van der Waals surface area contributed by atoms with Crippen molar-refractivity contribution < 1.29 is 80.9 Å². The van der Waals surface area contributed by atoms with Gasteiger partial charge in [0.1, 0.15) is 42.9 Å². The summed E-state index contributed by atoms with van der Waals surface area (Å²) < 4.78 is 51.6. The van der Waals surface area contributed by atoms with Gasteiger partial charge in [0, 0.05) is 52.9 Å². The Hall–Kier alpha value is -5.71. The van der Waals surface area contributed by atoms with Crippen molar-refractivity contribution in [3.8, 4) is 0 Å². The summed E-state index contributed by atoms with van der Waals surface area (Å²) in [5.74, 6) is -0.681. The van der Waals surface area contributed by atoms with Gasteiger partial charge in [0.2, 0.25) is 0 Å². The third-order valence-electron chi connectivity index (χ3n) is 11.3. The number of ether oxygens (including phenoxy) is 10. The van der Waals surface area contributed by atoms with Gasteiger partial charge in [0.05, 0.1) is 43.3 Å². The Morgan fingerprint density at radius 1 is 0.683 bits per heavy atom. The third kappa shape index (κ3) is 12.5. The predicted molar refractivity (Wildman–Crippen MR) is 223 cm³/mol. The van der Waals surface area contributed by atoms with Gasteiger partial charge >= 0.3 is 41.8 Å². The van der Waals surface area contributed by atoms with Gasteiger partial charge in [0.15, 0.2) is 12.7 Å². The van der Waals surface area contributed by atoms with Gasteiger partial charge in [-0.2, -0.15) is 0 Å². The molecule has 0 amide bonds. The number of hydrogen-bond acceptors (Lipinski definition) is 17. The SMILES string of the molecule is C.C.C=C(C)C(=O)OC1CC2OC1C1C(=C)OCC21.C=C(C)C(=O)OC1CCOC1=C.C=C(C)C(=O)OC1COC(=O)C1.C=C(C)C(=O)OCC(=O)OC1C2CC3C(=O)OC1C3C2. The molecule has 0 aromatic heterocycles. The van der Waals surface area contributed by atoms with E-state index in [1.807, 2.05) is 0 Å². The number of cyclic esters (lactones) is 1. The zero-order chi connectivity index (χ0) is 44.9. The lowest BCUT2D eigenvalue weighted by Crippen LogP contribution is -2.38. The summed E-state index contributed by atoms with van der Waals surface area (Å²) in [5.41, 5.74) is 1.38. The Kier molecular flexibility index (Phi) is 18.1. The van der Waals surface area contributed by atoms with Crippen molar-refractivity contribution in [1.82, 2.24) is 0 Å². The maximum absolute atomic E-state index is 11.7. The van der Waals surface area contributed by atoms with Crippen LogP contribution in [0.25, 0.3) is 0 Å². The number of fused-ring (bicyclic) bond motifs is 6. The average molecular weight is 887 g/mol. The van der Waals surface area contributed by atoms with Crippen molar-refractivity contribution in [2.75, 3.05) is 26.4 Å². The average Bonchev–Trinajstić information content (AvgIpc) is 4.07. The first-order chi connectivity index (χ1) is 28.7. The molecule has 8 fully saturated rings. The van der Waals surface area contributed by atoms with Crippen LogP contribution in [0.5, 0.6) is 0 Å². The van der Waals surface area contributed by atoms with E-state index in [9.17, 15) is 33.6 Å². The molecule has 6 saturated heterocycles. The van der Waals surface area contributed by atoms with E-state index in [1.54, 1.807) is 20.8 Å². The summed E-state index contributed by atoms with van der Waals surface area (Å²) in [5, 5.41) is 0. The van der Waals surface area contributed by atoms with E-state index >= 15 is 0 Å². The minimum atomic E-state index is -0.623. The Labute approximate surface area is 368 Å². The Morgan fingerprint density at radius 2 is 1.30 bits per heavy atom. The van der Waals surface area contributed by atoms with Crippen LogP contribution < -0.4 is 0 Å². The second-order valence-electron chi connectivity index (χ2n) is 16.3. The molecule has 2 aliphatic carbocycles. The number of carbonyl (C=O) groups is 7. The highest BCUT2D eigenvalue weighted by Crippen LogP contribution is 2.55. The van der Waals surface area contributed by atoms with E-state index in [4.69, 9.17) is 42.6 Å². The van der Waals surface area contributed by atoms with Gasteiger partial charge in [-0.15, -0.1) is 0 Å². The van der Waals surface area contributed by atoms with E-state index in [0.29, 0.717) is 48.0 Å². The zero-order valence-electron chi connectivity index (χ0n) is 35.0. The summed E-state index contributed by atoms with van der Waals surface area (Å²) in [6, 6.07) is 0. The molecule has 0 aromatic rings. The topological polar surface area (TPSA) is 212 Å². The van der Waals surface area contributed by atoms with Crippen LogP contribution in [-0.4, -0.2) is 111 Å². The third-order valence-corrected chi connectivity index (χ3v) is 11.3. The Balaban J connectivity index is 0.000000227. The molecule has 0 radical (unpaired) electrons. The van der Waals surface area contributed by atoms with E-state index in [2.05, 4.69) is 44.2 Å². The van der Waals surface area contributed by atoms with Gasteiger partial charge in [-0.1, -0.05) is 54.3 Å². The highest BCUT2D eigenvalue weighted by Gasteiger charge is 2.63. The largest absolute Gasteiger partial charge is 0.498 e. The molecule has 8 aliphatic rings. The van der Waals surface area contributed by atoms with Gasteiger partial charge in [0.25, 0.3) is 0 Å². The van der Waals surface area contributed by atoms with Crippen LogP contribution in [0.1, 0.15) is 74.7 Å². The first-order valence-corrected chi connectivity index (χ1v) is 20.0. The molecule has 8 rings (SSSR count). The van der Waals surface area contributed by atoms with Crippen LogP contribution >= 0.6 is 0 Å². The van der Waals surface area contributed by atoms with Crippen LogP contribution in [0.3, 0.4) is 0 Å². The minimum absolute atomic E-state index is 0. The number of rotatable bonds is 10. The van der Waals surface area contributed by atoms with Crippen molar-refractivity contribution in [3.05, 3.63) is 73.3 Å². The van der Waals surface area contributed by atoms with Crippen molar-refractivity contribution in [2.45, 2.75) is 117 Å². The number of hydrogen-bond donors (Lipinski definition) is 0. The standard InChI is InChI=1S/C14H16O6.C13H16O4.C9H12O3.C8H10O4.2CH4/c1-6(2)13(16)18-5-10(15)19-11-7-3-8-9(4-7)14(17)20-12(8)11;1-6(2)13(14)17-10-4-9-8-5-15-7(3)11(8)12(10)16-9;1-6(2)9(10)12-8-4-5-11-7(8)3;1-5(2)8(10)12-6-3-7(9)11-4-6;;/h7-9,11-12H,1,3-5H2,2H3;8-12H,1,3-5H2,2H3;8H,1,3-5H2,2H3;6H,1,3-4H2,2H3;2*1H4. The summed E-state index contributed by atoms with van der Waals surface area (Å²) in [6.45, 7) is 28.7. The monoisotopic (exact) mass is 886 g/mol.